The van der Waals surface area contributed by atoms with Crippen LogP contribution in [0.25, 0.3) is 21.7 Å². The lowest BCUT2D eigenvalue weighted by Gasteiger charge is -2.36. The molecule has 0 saturated heterocycles. The van der Waals surface area contributed by atoms with Gasteiger partial charge in [-0.2, -0.15) is 0 Å². The summed E-state index contributed by atoms with van der Waals surface area (Å²) in [6.07, 6.45) is 3.80. The predicted molar refractivity (Wildman–Crippen MR) is 137 cm³/mol. The van der Waals surface area contributed by atoms with Gasteiger partial charge in [-0.15, -0.1) is 11.3 Å². The van der Waals surface area contributed by atoms with Gasteiger partial charge in [-0.1, -0.05) is 60.7 Å². The van der Waals surface area contributed by atoms with Crippen LogP contribution in [-0.2, 0) is 19.4 Å². The molecule has 0 radical (unpaired) electrons. The second-order valence-corrected chi connectivity index (χ2v) is 9.75. The summed E-state index contributed by atoms with van der Waals surface area (Å²) >= 11 is 1.82. The van der Waals surface area contributed by atoms with Crippen LogP contribution in [0.15, 0.2) is 84.4 Å². The van der Waals surface area contributed by atoms with Crippen LogP contribution in [-0.4, -0.2) is 21.9 Å². The van der Waals surface area contributed by atoms with Gasteiger partial charge in [0, 0.05) is 35.1 Å². The summed E-state index contributed by atoms with van der Waals surface area (Å²) < 4.78 is 2.18. The number of benzene rings is 3. The van der Waals surface area contributed by atoms with Gasteiger partial charge in [-0.25, -0.2) is 0 Å². The van der Waals surface area contributed by atoms with Crippen LogP contribution < -0.4 is 0 Å². The number of nitrogens with zero attached hydrogens (tertiary/aromatic N) is 2. The topological polar surface area (TPSA) is 25.2 Å². The van der Waals surface area contributed by atoms with Gasteiger partial charge in [0.15, 0.2) is 0 Å². The van der Waals surface area contributed by atoms with Crippen LogP contribution >= 0.6 is 11.3 Å². The lowest BCUT2D eigenvalue weighted by Crippen LogP contribution is -2.40. The van der Waals surface area contributed by atoms with E-state index in [4.69, 9.17) is 0 Å². The Morgan fingerprint density at radius 1 is 0.970 bits per heavy atom. The number of carbonyl (C=O) groups is 1. The van der Waals surface area contributed by atoms with E-state index in [0.717, 1.165) is 42.4 Å². The zero-order valence-electron chi connectivity index (χ0n) is 18.7. The average Bonchev–Trinajstić information content (AvgIpc) is 3.49. The summed E-state index contributed by atoms with van der Waals surface area (Å²) in [6, 6.07) is 25.6. The number of rotatable bonds is 4. The quantitative estimate of drug-likeness (QED) is 0.294. The van der Waals surface area contributed by atoms with Crippen molar-refractivity contribution in [2.45, 2.75) is 32.4 Å². The molecule has 1 amide bonds. The highest BCUT2D eigenvalue weighted by molar-refractivity contribution is 7.10. The largest absolute Gasteiger partial charge is 0.347 e. The molecule has 0 fully saturated rings. The van der Waals surface area contributed by atoms with Crippen molar-refractivity contribution < 1.29 is 4.79 Å². The van der Waals surface area contributed by atoms with E-state index < -0.39 is 0 Å². The minimum atomic E-state index is 0.0436. The molecule has 0 spiro atoms. The van der Waals surface area contributed by atoms with Crippen LogP contribution in [0.5, 0.6) is 0 Å². The standard InChI is InChI=1S/C29H26N2OS/c1-2-30-19-25(23-12-5-6-13-26(23)30)29(32)31-16-14-28-24(15-17-33-28)27(31)18-21-10-7-9-20-8-3-4-11-22(20)21/h3-13,15,17,19,27H,2,14,16,18H2,1H3. The second kappa shape index (κ2) is 8.20. The van der Waals surface area contributed by atoms with E-state index in [0.29, 0.717) is 0 Å². The number of amides is 1. The molecule has 1 aliphatic heterocycles. The van der Waals surface area contributed by atoms with E-state index in [1.54, 1.807) is 0 Å². The molecule has 1 aliphatic rings. The van der Waals surface area contributed by atoms with E-state index in [1.165, 1.54) is 26.8 Å². The normalized spacial score (nSPS) is 15.8. The van der Waals surface area contributed by atoms with Crippen LogP contribution in [0, 0.1) is 0 Å². The molecule has 5 aromatic rings. The molecule has 0 N–H and O–H groups in total. The molecule has 164 valence electrons. The van der Waals surface area contributed by atoms with E-state index >= 15 is 0 Å². The first-order valence-corrected chi connectivity index (χ1v) is 12.5. The van der Waals surface area contributed by atoms with Crippen molar-refractivity contribution in [2.24, 2.45) is 0 Å². The maximum Gasteiger partial charge on any atom is 0.256 e. The highest BCUT2D eigenvalue weighted by Gasteiger charge is 2.33. The molecule has 3 aromatic carbocycles. The Labute approximate surface area is 197 Å². The monoisotopic (exact) mass is 450 g/mol. The van der Waals surface area contributed by atoms with Crippen LogP contribution in [0.2, 0.25) is 0 Å². The van der Waals surface area contributed by atoms with Crippen molar-refractivity contribution in [1.29, 1.82) is 0 Å². The first kappa shape index (κ1) is 20.3. The zero-order valence-corrected chi connectivity index (χ0v) is 19.5. The third-order valence-corrected chi connectivity index (χ3v) is 8.01. The molecule has 3 nitrogen and oxygen atoms in total. The van der Waals surface area contributed by atoms with Gasteiger partial charge in [-0.05, 0) is 59.2 Å². The predicted octanol–water partition coefficient (Wildman–Crippen LogP) is 6.86. The molecule has 0 bridgehead atoms. The smallest absolute Gasteiger partial charge is 0.256 e. The third kappa shape index (κ3) is 3.37. The summed E-state index contributed by atoms with van der Waals surface area (Å²) in [6.45, 7) is 3.73. The Morgan fingerprint density at radius 2 is 1.76 bits per heavy atom. The highest BCUT2D eigenvalue weighted by Crippen LogP contribution is 2.38. The number of carbonyl (C=O) groups excluding carboxylic acids is 1. The summed E-state index contributed by atoms with van der Waals surface area (Å²) in [5, 5.41) is 5.75. The molecular formula is C29H26N2OS. The number of hydrogen-bond donors (Lipinski definition) is 0. The molecule has 1 atom stereocenters. The van der Waals surface area contributed by atoms with Gasteiger partial charge in [0.25, 0.3) is 5.91 Å². The van der Waals surface area contributed by atoms with Crippen molar-refractivity contribution >= 4 is 38.9 Å². The third-order valence-electron chi connectivity index (χ3n) is 7.01. The Bertz CT molecular complexity index is 1470. The van der Waals surface area contributed by atoms with E-state index in [-0.39, 0.29) is 11.9 Å². The maximum atomic E-state index is 14.1. The Morgan fingerprint density at radius 3 is 2.64 bits per heavy atom. The Hall–Kier alpha value is -3.37. The number of aromatic nitrogens is 1. The van der Waals surface area contributed by atoms with E-state index in [1.807, 2.05) is 29.7 Å². The number of aryl methyl sites for hydroxylation is 1. The van der Waals surface area contributed by atoms with Crippen molar-refractivity contribution in [3.8, 4) is 0 Å². The van der Waals surface area contributed by atoms with Gasteiger partial charge in [0.05, 0.1) is 11.6 Å². The lowest BCUT2D eigenvalue weighted by molar-refractivity contribution is 0.0664. The molecular weight excluding hydrogens is 424 g/mol. The lowest BCUT2D eigenvalue weighted by atomic mass is 9.91. The van der Waals surface area contributed by atoms with E-state index in [2.05, 4.69) is 82.4 Å². The van der Waals surface area contributed by atoms with Gasteiger partial charge in [-0.3, -0.25) is 4.79 Å². The van der Waals surface area contributed by atoms with Crippen molar-refractivity contribution in [1.82, 2.24) is 9.47 Å². The molecule has 33 heavy (non-hydrogen) atoms. The summed E-state index contributed by atoms with van der Waals surface area (Å²) in [5.41, 5.74) is 4.55. The summed E-state index contributed by atoms with van der Waals surface area (Å²) in [4.78, 5) is 17.6. The first-order chi connectivity index (χ1) is 16.2. The zero-order chi connectivity index (χ0) is 22.4. The highest BCUT2D eigenvalue weighted by atomic mass is 32.1. The second-order valence-electron chi connectivity index (χ2n) is 8.75. The van der Waals surface area contributed by atoms with Gasteiger partial charge >= 0.3 is 0 Å². The van der Waals surface area contributed by atoms with Crippen LogP contribution in [0.4, 0.5) is 0 Å². The number of thiophene rings is 1. The van der Waals surface area contributed by atoms with E-state index in [9.17, 15) is 4.79 Å². The molecule has 2 aromatic heterocycles. The number of para-hydroxylation sites is 1. The summed E-state index contributed by atoms with van der Waals surface area (Å²) in [5.74, 6) is 0.139. The van der Waals surface area contributed by atoms with Crippen LogP contribution in [0.3, 0.4) is 0 Å². The minimum Gasteiger partial charge on any atom is -0.347 e. The van der Waals surface area contributed by atoms with Gasteiger partial charge in [0.1, 0.15) is 0 Å². The fourth-order valence-electron chi connectivity index (χ4n) is 5.37. The van der Waals surface area contributed by atoms with Crippen molar-refractivity contribution in [3.05, 3.63) is 106 Å². The van der Waals surface area contributed by atoms with Crippen LogP contribution in [0.1, 0.15) is 39.3 Å². The fraction of sp³-hybridized carbons (Fsp3) is 0.207. The molecule has 4 heteroatoms. The Balaban J connectivity index is 1.44. The number of hydrogen-bond acceptors (Lipinski definition) is 2. The fourth-order valence-corrected chi connectivity index (χ4v) is 6.30. The first-order valence-electron chi connectivity index (χ1n) is 11.7. The Kier molecular flexibility index (Phi) is 5.03. The van der Waals surface area contributed by atoms with Gasteiger partial charge in [0.2, 0.25) is 0 Å². The molecule has 3 heterocycles. The van der Waals surface area contributed by atoms with Crippen molar-refractivity contribution in [3.63, 3.8) is 0 Å². The van der Waals surface area contributed by atoms with Crippen molar-refractivity contribution in [2.75, 3.05) is 6.54 Å². The molecule has 1 unspecified atom stereocenters. The number of fused-ring (bicyclic) bond motifs is 3. The maximum absolute atomic E-state index is 14.1. The van der Waals surface area contributed by atoms with Gasteiger partial charge < -0.3 is 9.47 Å². The molecule has 0 aliphatic carbocycles. The molecule has 6 rings (SSSR count). The minimum absolute atomic E-state index is 0.0436. The average molecular weight is 451 g/mol. The SMILES string of the molecule is CCn1cc(C(=O)N2CCc3sccc3C2Cc2cccc3ccccc23)c2ccccc21. The summed E-state index contributed by atoms with van der Waals surface area (Å²) in [7, 11) is 0. The molecule has 0 saturated carbocycles.